The number of aliphatic hydroxyl groups is 1. The Kier molecular flexibility index (Phi) is 9.59. The van der Waals surface area contributed by atoms with E-state index in [-0.39, 0.29) is 0 Å². The smallest absolute Gasteiger partial charge is 0.313 e. The lowest BCUT2D eigenvalue weighted by molar-refractivity contribution is -1.21. The molecule has 3 unspecified atom stereocenters. The van der Waals surface area contributed by atoms with Gasteiger partial charge in [0.25, 0.3) is 0 Å². The fourth-order valence-corrected chi connectivity index (χ4v) is 2.83. The molecule has 0 radical (unpaired) electrons. The number of hydrogen-bond donors (Lipinski definition) is 5. The zero-order valence-electron chi connectivity index (χ0n) is 17.2. The van der Waals surface area contributed by atoms with Crippen molar-refractivity contribution in [3.8, 4) is 11.1 Å². The van der Waals surface area contributed by atoms with Gasteiger partial charge in [0.05, 0.1) is 17.9 Å². The minimum absolute atomic E-state index is 0.338. The van der Waals surface area contributed by atoms with Crippen molar-refractivity contribution in [2.75, 3.05) is 26.4 Å². The van der Waals surface area contributed by atoms with Crippen LogP contribution in [-0.2, 0) is 19.2 Å². The molecule has 0 aliphatic carbocycles. The Morgan fingerprint density at radius 3 is 2.16 bits per heavy atom. The summed E-state index contributed by atoms with van der Waals surface area (Å²) in [5.74, 6) is -2.21. The zero-order chi connectivity index (χ0) is 23.7. The van der Waals surface area contributed by atoms with Crippen molar-refractivity contribution in [3.63, 3.8) is 0 Å². The number of rotatable bonds is 12. The Labute approximate surface area is 182 Å². The van der Waals surface area contributed by atoms with Gasteiger partial charge in [-0.25, -0.2) is 4.39 Å². The second-order valence-electron chi connectivity index (χ2n) is 7.20. The molecule has 2 rings (SSSR count). The van der Waals surface area contributed by atoms with E-state index in [1.165, 1.54) is 13.0 Å². The minimum atomic E-state index is -1.66. The molecule has 0 spiro atoms. The Bertz CT molecular complexity index is 855. The van der Waals surface area contributed by atoms with Gasteiger partial charge in [0.2, 0.25) is 0 Å². The van der Waals surface area contributed by atoms with Crippen LogP contribution >= 0.6 is 0 Å². The lowest BCUT2D eigenvalue weighted by Crippen LogP contribution is -3.04. The van der Waals surface area contributed by atoms with Gasteiger partial charge in [-0.1, -0.05) is 53.2 Å². The van der Waals surface area contributed by atoms with Gasteiger partial charge in [-0.15, -0.1) is 0 Å². The third-order valence-electron chi connectivity index (χ3n) is 4.79. The topological polar surface area (TPSA) is 160 Å². The second kappa shape index (κ2) is 11.9. The summed E-state index contributed by atoms with van der Waals surface area (Å²) in [5.41, 5.74) is -0.248. The Morgan fingerprint density at radius 1 is 1.06 bits per heavy atom. The molecule has 0 heterocycles. The largest absolute Gasteiger partial charge is 0.566 e. The molecule has 0 aromatic heterocycles. The normalized spacial score (nSPS) is 16.1. The van der Waals surface area contributed by atoms with Gasteiger partial charge in [0.1, 0.15) is 25.6 Å². The predicted molar refractivity (Wildman–Crippen MR) is 105 cm³/mol. The lowest BCUT2D eigenvalue weighted by atomic mass is 9.92. The van der Waals surface area contributed by atoms with Crippen LogP contribution in [0, 0.1) is 21.6 Å². The highest BCUT2D eigenvalue weighted by Gasteiger charge is 2.36. The Hall–Kier alpha value is -2.52. The van der Waals surface area contributed by atoms with Crippen LogP contribution < -0.4 is 10.8 Å². The maximum Gasteiger partial charge on any atom is 0.313 e. The van der Waals surface area contributed by atoms with Gasteiger partial charge in [0, 0.05) is 5.56 Å². The molecule has 0 saturated heterocycles. The van der Waals surface area contributed by atoms with Gasteiger partial charge in [-0.2, -0.15) is 20.1 Å². The fourth-order valence-electron chi connectivity index (χ4n) is 2.83. The maximum absolute atomic E-state index is 14.6. The van der Waals surface area contributed by atoms with Crippen molar-refractivity contribution in [2.45, 2.75) is 12.8 Å². The molecule has 0 amide bonds. The summed E-state index contributed by atoms with van der Waals surface area (Å²) in [4.78, 5) is 21.4. The van der Waals surface area contributed by atoms with Gasteiger partial charge in [-0.3, -0.25) is 4.79 Å². The second-order valence-corrected chi connectivity index (χ2v) is 7.20. The van der Waals surface area contributed by atoms with Gasteiger partial charge >= 0.3 is 5.97 Å². The highest BCUT2D eigenvalue weighted by molar-refractivity contribution is 5.78. The SMILES string of the molecule is CC(C(=O)OCC(CO)(CO[NH+]([O-])O)CO[NH+]([O-])O)c1ccc(-c2ccccc2)c(F)c1. The van der Waals surface area contributed by atoms with E-state index in [2.05, 4.69) is 9.68 Å². The van der Waals surface area contributed by atoms with E-state index in [1.807, 2.05) is 6.07 Å². The van der Waals surface area contributed by atoms with Crippen molar-refractivity contribution < 1.29 is 49.9 Å². The van der Waals surface area contributed by atoms with Crippen LogP contribution in [-0.4, -0.2) is 47.9 Å². The molecule has 12 heteroatoms. The third kappa shape index (κ3) is 7.27. The summed E-state index contributed by atoms with van der Waals surface area (Å²) in [7, 11) is 0. The average Bonchev–Trinajstić information content (AvgIpc) is 2.78. The quantitative estimate of drug-likeness (QED) is 0.210. The summed E-state index contributed by atoms with van der Waals surface area (Å²) >= 11 is 0. The van der Waals surface area contributed by atoms with Crippen molar-refractivity contribution >= 4 is 5.97 Å². The number of carbonyl (C=O) groups is 1. The van der Waals surface area contributed by atoms with Crippen LogP contribution in [0.3, 0.4) is 0 Å². The number of nitrogens with one attached hydrogen (secondary N) is 2. The molecule has 0 fully saturated rings. The number of hydrogen-bond acceptors (Lipinski definition) is 9. The Morgan fingerprint density at radius 2 is 1.66 bits per heavy atom. The van der Waals surface area contributed by atoms with Crippen LogP contribution in [0.5, 0.6) is 0 Å². The van der Waals surface area contributed by atoms with Crippen molar-refractivity contribution in [1.29, 1.82) is 0 Å². The molecular weight excluding hydrogens is 431 g/mol. The lowest BCUT2D eigenvalue weighted by Gasteiger charge is -2.30. The molecule has 0 saturated carbocycles. The van der Waals surface area contributed by atoms with Crippen molar-refractivity contribution in [3.05, 3.63) is 70.3 Å². The molecule has 11 nitrogen and oxygen atoms in total. The molecule has 32 heavy (non-hydrogen) atoms. The number of carbonyl (C=O) groups excluding carboxylic acids is 1. The first-order chi connectivity index (χ1) is 15.2. The van der Waals surface area contributed by atoms with Crippen LogP contribution in [0.15, 0.2) is 48.5 Å². The number of esters is 1. The molecule has 2 aromatic rings. The van der Waals surface area contributed by atoms with Gasteiger partial charge < -0.3 is 20.3 Å². The number of quaternary nitrogens is 2. The molecule has 176 valence electrons. The highest BCUT2D eigenvalue weighted by Crippen LogP contribution is 2.27. The van der Waals surface area contributed by atoms with E-state index in [0.717, 1.165) is 0 Å². The van der Waals surface area contributed by atoms with Crippen LogP contribution in [0.2, 0.25) is 0 Å². The minimum Gasteiger partial charge on any atom is -0.566 e. The molecule has 0 aliphatic heterocycles. The zero-order valence-corrected chi connectivity index (χ0v) is 17.2. The molecule has 0 bridgehead atoms. The average molecular weight is 456 g/mol. The highest BCUT2D eigenvalue weighted by atomic mass is 19.1. The molecule has 3 atom stereocenters. The fraction of sp³-hybridized carbons (Fsp3) is 0.350. The Balaban J connectivity index is 2.09. The van der Waals surface area contributed by atoms with E-state index in [4.69, 9.17) is 15.2 Å². The number of ether oxygens (including phenoxy) is 1. The first-order valence-corrected chi connectivity index (χ1v) is 9.51. The third-order valence-corrected chi connectivity index (χ3v) is 4.79. The van der Waals surface area contributed by atoms with Crippen molar-refractivity contribution in [2.24, 2.45) is 5.41 Å². The summed E-state index contributed by atoms with van der Waals surface area (Å²) < 4.78 is 19.8. The number of aliphatic hydroxyl groups excluding tert-OH is 1. The van der Waals surface area contributed by atoms with Crippen LogP contribution in [0.1, 0.15) is 18.4 Å². The van der Waals surface area contributed by atoms with Crippen molar-refractivity contribution in [1.82, 2.24) is 0 Å². The molecular formula is C20H25FN2O9. The number of benzene rings is 2. The maximum atomic E-state index is 14.6. The first kappa shape index (κ1) is 25.7. The standard InChI is InChI=1S/C20H25FN2O9/c1-14(16-7-8-17(18(21)9-16)15-5-3-2-4-6-15)19(25)30-11-20(10-24,12-31-22(26)27)13-32-23(28)29/h2-9,14,22-24,26,28H,10-13H2,1H3. The van der Waals surface area contributed by atoms with E-state index in [9.17, 15) is 24.7 Å². The van der Waals surface area contributed by atoms with Crippen LogP contribution in [0.25, 0.3) is 11.1 Å². The van der Waals surface area contributed by atoms with Crippen LogP contribution in [0.4, 0.5) is 4.39 Å². The van der Waals surface area contributed by atoms with Gasteiger partial charge in [-0.05, 0) is 24.1 Å². The van der Waals surface area contributed by atoms with Gasteiger partial charge in [0.15, 0.2) is 0 Å². The predicted octanol–water partition coefficient (Wildman–Crippen LogP) is -0.475. The van der Waals surface area contributed by atoms with E-state index >= 15 is 0 Å². The molecule has 0 aliphatic rings. The first-order valence-electron chi connectivity index (χ1n) is 9.51. The monoisotopic (exact) mass is 456 g/mol. The molecule has 2 aromatic carbocycles. The number of halogens is 1. The summed E-state index contributed by atoms with van der Waals surface area (Å²) in [6, 6.07) is 13.2. The summed E-state index contributed by atoms with van der Waals surface area (Å²) in [6.45, 7) is -1.22. The summed E-state index contributed by atoms with van der Waals surface area (Å²) in [5, 5.41) is 45.1. The van der Waals surface area contributed by atoms with E-state index < -0.39 is 60.3 Å². The summed E-state index contributed by atoms with van der Waals surface area (Å²) in [6.07, 6.45) is 0. The van der Waals surface area contributed by atoms with E-state index in [0.29, 0.717) is 16.7 Å². The molecule has 5 N–H and O–H groups in total. The van der Waals surface area contributed by atoms with E-state index in [1.54, 1.807) is 36.4 Å².